The molecule has 0 aliphatic heterocycles. The molecule has 2 atom stereocenters. The molecular formula is C12H11ClN4O3. The zero-order valence-corrected chi connectivity index (χ0v) is 10.9. The van der Waals surface area contributed by atoms with Gasteiger partial charge in [-0.1, -0.05) is 11.6 Å². The van der Waals surface area contributed by atoms with Gasteiger partial charge in [-0.25, -0.2) is 9.97 Å². The smallest absolute Gasteiger partial charge is 0.200 e. The highest BCUT2D eigenvalue weighted by atomic mass is 35.5. The molecule has 3 aromatic rings. The molecule has 104 valence electrons. The van der Waals surface area contributed by atoms with Crippen LogP contribution in [0.1, 0.15) is 11.8 Å². The summed E-state index contributed by atoms with van der Waals surface area (Å²) in [5, 5.41) is 35.4. The highest BCUT2D eigenvalue weighted by molar-refractivity contribution is 6.31. The lowest BCUT2D eigenvalue weighted by Gasteiger charge is -2.13. The van der Waals surface area contributed by atoms with Crippen LogP contribution in [0.25, 0.3) is 22.2 Å². The Balaban J connectivity index is 2.19. The molecule has 0 bridgehead atoms. The van der Waals surface area contributed by atoms with E-state index >= 15 is 0 Å². The van der Waals surface area contributed by atoms with Crippen molar-refractivity contribution in [2.75, 3.05) is 6.61 Å². The average molecular weight is 295 g/mol. The number of aromatic nitrogens is 4. The van der Waals surface area contributed by atoms with E-state index in [1.807, 2.05) is 0 Å². The van der Waals surface area contributed by atoms with Crippen molar-refractivity contribution in [3.05, 3.63) is 28.9 Å². The van der Waals surface area contributed by atoms with Gasteiger partial charge in [-0.2, -0.15) is 5.10 Å². The number of hydrogen-bond acceptors (Lipinski definition) is 6. The molecule has 0 radical (unpaired) electrons. The molecule has 2 heterocycles. The first-order chi connectivity index (χ1) is 9.60. The molecule has 7 nitrogen and oxygen atoms in total. The van der Waals surface area contributed by atoms with Crippen molar-refractivity contribution in [3.63, 3.8) is 0 Å². The van der Waals surface area contributed by atoms with E-state index in [1.54, 1.807) is 18.2 Å². The summed E-state index contributed by atoms with van der Waals surface area (Å²) in [5.41, 5.74) is 2.04. The maximum absolute atomic E-state index is 9.92. The number of fused-ring (bicyclic) bond motifs is 2. The summed E-state index contributed by atoms with van der Waals surface area (Å²) in [6, 6.07) is 5.05. The first-order valence-electron chi connectivity index (χ1n) is 5.88. The van der Waals surface area contributed by atoms with Crippen molar-refractivity contribution in [3.8, 4) is 0 Å². The van der Waals surface area contributed by atoms with Crippen LogP contribution in [0.15, 0.2) is 18.2 Å². The minimum atomic E-state index is -1.32. The maximum Gasteiger partial charge on any atom is 0.200 e. The third kappa shape index (κ3) is 2.10. The van der Waals surface area contributed by atoms with E-state index in [9.17, 15) is 10.2 Å². The lowest BCUT2D eigenvalue weighted by atomic mass is 10.1. The molecule has 0 spiro atoms. The molecule has 0 aliphatic carbocycles. The van der Waals surface area contributed by atoms with Crippen LogP contribution in [0.5, 0.6) is 0 Å². The highest BCUT2D eigenvalue weighted by Gasteiger charge is 2.23. The molecule has 0 amide bonds. The Morgan fingerprint density at radius 1 is 1.20 bits per heavy atom. The predicted octanol–water partition coefficient (Wildman–Crippen LogP) is 0.546. The van der Waals surface area contributed by atoms with E-state index in [0.29, 0.717) is 27.2 Å². The van der Waals surface area contributed by atoms with Crippen molar-refractivity contribution in [2.45, 2.75) is 12.2 Å². The van der Waals surface area contributed by atoms with Crippen LogP contribution < -0.4 is 0 Å². The molecule has 4 N–H and O–H groups in total. The van der Waals surface area contributed by atoms with Gasteiger partial charge in [0.1, 0.15) is 17.7 Å². The van der Waals surface area contributed by atoms with Crippen molar-refractivity contribution in [2.24, 2.45) is 0 Å². The van der Waals surface area contributed by atoms with E-state index in [0.717, 1.165) is 0 Å². The van der Waals surface area contributed by atoms with Gasteiger partial charge < -0.3 is 15.3 Å². The fraction of sp³-hybridized carbons (Fsp3) is 0.250. The lowest BCUT2D eigenvalue weighted by molar-refractivity contribution is -0.0167. The van der Waals surface area contributed by atoms with Crippen molar-refractivity contribution < 1.29 is 15.3 Å². The largest absolute Gasteiger partial charge is 0.394 e. The molecule has 8 heteroatoms. The first kappa shape index (κ1) is 13.2. The summed E-state index contributed by atoms with van der Waals surface area (Å²) in [5.74, 6) is 0. The minimum Gasteiger partial charge on any atom is -0.394 e. The SMILES string of the molecule is OC[C@@H](O)[C@@H](O)c1[nH]nc2nc3cc(Cl)ccc3nc12. The lowest BCUT2D eigenvalue weighted by Crippen LogP contribution is -2.22. The molecule has 0 saturated heterocycles. The Morgan fingerprint density at radius 3 is 2.75 bits per heavy atom. The van der Waals surface area contributed by atoms with Gasteiger partial charge in [0.2, 0.25) is 5.65 Å². The normalized spacial score (nSPS) is 14.8. The molecule has 0 unspecified atom stereocenters. The Labute approximate surface area is 117 Å². The van der Waals surface area contributed by atoms with Crippen molar-refractivity contribution in [1.29, 1.82) is 0 Å². The quantitative estimate of drug-likeness (QED) is 0.560. The van der Waals surface area contributed by atoms with Crippen LogP contribution in [0, 0.1) is 0 Å². The molecule has 3 rings (SSSR count). The monoisotopic (exact) mass is 294 g/mol. The predicted molar refractivity (Wildman–Crippen MR) is 72.3 cm³/mol. The van der Waals surface area contributed by atoms with Gasteiger partial charge in [0.25, 0.3) is 0 Å². The van der Waals surface area contributed by atoms with Gasteiger partial charge in [-0.15, -0.1) is 0 Å². The molecule has 2 aromatic heterocycles. The van der Waals surface area contributed by atoms with Crippen molar-refractivity contribution >= 4 is 33.8 Å². The van der Waals surface area contributed by atoms with Gasteiger partial charge >= 0.3 is 0 Å². The van der Waals surface area contributed by atoms with Gasteiger partial charge in [-0.3, -0.25) is 5.10 Å². The number of nitrogens with one attached hydrogen (secondary N) is 1. The Hall–Kier alpha value is -1.80. The summed E-state index contributed by atoms with van der Waals surface area (Å²) in [6.45, 7) is -0.571. The number of halogens is 1. The minimum absolute atomic E-state index is 0.214. The van der Waals surface area contributed by atoms with E-state index in [2.05, 4.69) is 20.2 Å². The second kappa shape index (κ2) is 4.95. The fourth-order valence-electron chi connectivity index (χ4n) is 1.94. The number of H-pyrrole nitrogens is 1. The summed E-state index contributed by atoms with van der Waals surface area (Å²) < 4.78 is 0. The maximum atomic E-state index is 9.92. The van der Waals surface area contributed by atoms with E-state index in [1.165, 1.54) is 0 Å². The number of rotatable bonds is 3. The van der Waals surface area contributed by atoms with Crippen LogP contribution in [0.4, 0.5) is 0 Å². The highest BCUT2D eigenvalue weighted by Crippen LogP contribution is 2.24. The van der Waals surface area contributed by atoms with Gasteiger partial charge in [0.15, 0.2) is 0 Å². The third-order valence-electron chi connectivity index (χ3n) is 2.99. The zero-order chi connectivity index (χ0) is 14.3. The van der Waals surface area contributed by atoms with Crippen LogP contribution in [0.2, 0.25) is 5.02 Å². The summed E-state index contributed by atoms with van der Waals surface area (Å²) in [6.07, 6.45) is -2.63. The topological polar surface area (TPSA) is 115 Å². The third-order valence-corrected chi connectivity index (χ3v) is 3.23. The van der Waals surface area contributed by atoms with Crippen LogP contribution in [-0.4, -0.2) is 48.2 Å². The molecule has 1 aromatic carbocycles. The Kier molecular flexibility index (Phi) is 3.27. The summed E-state index contributed by atoms with van der Waals surface area (Å²) in [7, 11) is 0. The number of aliphatic hydroxyl groups is 3. The second-order valence-electron chi connectivity index (χ2n) is 4.36. The molecule has 0 saturated carbocycles. The van der Waals surface area contributed by atoms with Crippen LogP contribution in [-0.2, 0) is 0 Å². The molecular weight excluding hydrogens is 284 g/mol. The van der Waals surface area contributed by atoms with Crippen molar-refractivity contribution in [1.82, 2.24) is 20.2 Å². The zero-order valence-electron chi connectivity index (χ0n) is 10.2. The number of aliphatic hydroxyl groups excluding tert-OH is 3. The summed E-state index contributed by atoms with van der Waals surface area (Å²) in [4.78, 5) is 8.63. The fourth-order valence-corrected chi connectivity index (χ4v) is 2.11. The van der Waals surface area contributed by atoms with Gasteiger partial charge in [0.05, 0.1) is 23.3 Å². The summed E-state index contributed by atoms with van der Waals surface area (Å²) >= 11 is 5.89. The number of benzene rings is 1. The molecule has 20 heavy (non-hydrogen) atoms. The van der Waals surface area contributed by atoms with E-state index < -0.39 is 18.8 Å². The number of hydrogen-bond donors (Lipinski definition) is 4. The van der Waals surface area contributed by atoms with Gasteiger partial charge in [0, 0.05) is 5.02 Å². The first-order valence-corrected chi connectivity index (χ1v) is 6.26. The molecule has 0 aliphatic rings. The van der Waals surface area contributed by atoms with E-state index in [-0.39, 0.29) is 5.69 Å². The number of nitrogens with zero attached hydrogens (tertiary/aromatic N) is 3. The van der Waals surface area contributed by atoms with Crippen LogP contribution >= 0.6 is 11.6 Å². The Bertz CT molecular complexity index is 776. The average Bonchev–Trinajstić information content (AvgIpc) is 2.85. The molecule has 0 fully saturated rings. The van der Waals surface area contributed by atoms with Crippen LogP contribution in [0.3, 0.4) is 0 Å². The van der Waals surface area contributed by atoms with E-state index in [4.69, 9.17) is 16.7 Å². The van der Waals surface area contributed by atoms with Gasteiger partial charge in [-0.05, 0) is 18.2 Å². The standard InChI is InChI=1S/C12H11ClN4O3/c13-5-1-2-6-7(3-5)15-12-10(14-6)9(16-17-12)11(20)8(19)4-18/h1-3,8,11,18-20H,4H2,(H,15,16,17)/t8-,11-/m1/s1. The Morgan fingerprint density at radius 2 is 2.00 bits per heavy atom. The second-order valence-corrected chi connectivity index (χ2v) is 4.80. The number of aromatic amines is 1.